The number of aromatic nitrogens is 3. The van der Waals surface area contributed by atoms with Crippen molar-refractivity contribution in [2.75, 3.05) is 6.67 Å². The molecule has 4 rings (SSSR count). The van der Waals surface area contributed by atoms with E-state index in [-0.39, 0.29) is 0 Å². The lowest BCUT2D eigenvalue weighted by Crippen LogP contribution is -2.14. The van der Waals surface area contributed by atoms with Gasteiger partial charge in [-0.05, 0) is 49.5 Å². The highest BCUT2D eigenvalue weighted by atomic mass is 32.2. The molecule has 0 atom stereocenters. The first-order chi connectivity index (χ1) is 14.7. The SMILES string of the molecule is C=NSC(=NCNCc1ccc(-n2cnc(C)c2)cc1)c1ccc2ncccc2c1. The summed E-state index contributed by atoms with van der Waals surface area (Å²) in [6.45, 7) is 6.80. The number of pyridine rings is 1. The summed E-state index contributed by atoms with van der Waals surface area (Å²) in [6, 6.07) is 18.5. The smallest absolute Gasteiger partial charge is 0.122 e. The molecular formula is C23H22N6S. The summed E-state index contributed by atoms with van der Waals surface area (Å²) in [5.41, 5.74) is 5.26. The minimum absolute atomic E-state index is 0.491. The standard InChI is InChI=1S/C23H22N6S/c1-17-14-29(16-28-17)21-8-5-18(6-9-21)13-25-15-27-23(30-24-2)20-7-10-22-19(12-20)4-3-11-26-22/h3-12,14,16,25H,2,13,15H2,1H3. The summed E-state index contributed by atoms with van der Waals surface area (Å²) < 4.78 is 5.97. The Morgan fingerprint density at radius 2 is 2.00 bits per heavy atom. The maximum absolute atomic E-state index is 4.68. The quantitative estimate of drug-likeness (QED) is 0.208. The second kappa shape index (κ2) is 9.47. The van der Waals surface area contributed by atoms with Gasteiger partial charge in [0.15, 0.2) is 0 Å². The summed E-state index contributed by atoms with van der Waals surface area (Å²) in [4.78, 5) is 13.3. The van der Waals surface area contributed by atoms with Gasteiger partial charge in [-0.2, -0.15) is 0 Å². The molecule has 0 radical (unpaired) electrons. The first kappa shape index (κ1) is 20.0. The van der Waals surface area contributed by atoms with Crippen LogP contribution in [-0.4, -0.2) is 33.0 Å². The lowest BCUT2D eigenvalue weighted by molar-refractivity contribution is 0.711. The molecule has 0 unspecified atom stereocenters. The number of fused-ring (bicyclic) bond motifs is 1. The molecule has 30 heavy (non-hydrogen) atoms. The number of aryl methyl sites for hydroxylation is 1. The third-order valence-corrected chi connectivity index (χ3v) is 5.28. The average molecular weight is 415 g/mol. The Morgan fingerprint density at radius 3 is 2.77 bits per heavy atom. The number of benzene rings is 2. The lowest BCUT2D eigenvalue weighted by Gasteiger charge is -2.07. The molecule has 7 heteroatoms. The highest BCUT2D eigenvalue weighted by Crippen LogP contribution is 2.19. The third kappa shape index (κ3) is 4.82. The molecule has 0 saturated heterocycles. The Balaban J connectivity index is 1.39. The van der Waals surface area contributed by atoms with Crippen LogP contribution in [0.4, 0.5) is 0 Å². The number of aliphatic imine (C=N–C) groups is 1. The van der Waals surface area contributed by atoms with Gasteiger partial charge < -0.3 is 4.57 Å². The summed E-state index contributed by atoms with van der Waals surface area (Å²) >= 11 is 1.28. The van der Waals surface area contributed by atoms with Crippen molar-refractivity contribution >= 4 is 34.6 Å². The monoisotopic (exact) mass is 414 g/mol. The topological polar surface area (TPSA) is 67.5 Å². The predicted molar refractivity (Wildman–Crippen MR) is 125 cm³/mol. The van der Waals surface area contributed by atoms with Crippen LogP contribution < -0.4 is 5.32 Å². The largest absolute Gasteiger partial charge is 0.306 e. The predicted octanol–water partition coefficient (Wildman–Crippen LogP) is 4.57. The van der Waals surface area contributed by atoms with E-state index in [1.807, 2.05) is 48.3 Å². The van der Waals surface area contributed by atoms with Gasteiger partial charge in [-0.3, -0.25) is 15.3 Å². The van der Waals surface area contributed by atoms with Crippen LogP contribution in [0.2, 0.25) is 0 Å². The van der Waals surface area contributed by atoms with Gasteiger partial charge in [0.25, 0.3) is 0 Å². The van der Waals surface area contributed by atoms with Crippen LogP contribution in [0.5, 0.6) is 0 Å². The highest BCUT2D eigenvalue weighted by Gasteiger charge is 2.06. The minimum atomic E-state index is 0.491. The summed E-state index contributed by atoms with van der Waals surface area (Å²) in [5, 5.41) is 5.27. The van der Waals surface area contributed by atoms with Gasteiger partial charge in [-0.1, -0.05) is 24.3 Å². The van der Waals surface area contributed by atoms with Crippen molar-refractivity contribution in [2.45, 2.75) is 13.5 Å². The molecule has 0 aliphatic rings. The van der Waals surface area contributed by atoms with Crippen LogP contribution in [0.15, 0.2) is 82.7 Å². The zero-order valence-corrected chi connectivity index (χ0v) is 17.5. The van der Waals surface area contributed by atoms with Gasteiger partial charge in [0.05, 0.1) is 24.2 Å². The second-order valence-corrected chi connectivity index (χ2v) is 7.60. The lowest BCUT2D eigenvalue weighted by atomic mass is 10.1. The fourth-order valence-corrected chi connectivity index (χ4v) is 3.60. The molecule has 0 aliphatic carbocycles. The zero-order chi connectivity index (χ0) is 20.8. The summed E-state index contributed by atoms with van der Waals surface area (Å²) in [7, 11) is 0. The Kier molecular flexibility index (Phi) is 6.32. The molecule has 6 nitrogen and oxygen atoms in total. The van der Waals surface area contributed by atoms with Gasteiger partial charge in [-0.15, -0.1) is 0 Å². The van der Waals surface area contributed by atoms with E-state index in [0.717, 1.165) is 39.4 Å². The fraction of sp³-hybridized carbons (Fsp3) is 0.130. The van der Waals surface area contributed by atoms with Crippen LogP contribution in [0.1, 0.15) is 16.8 Å². The first-order valence-electron chi connectivity index (χ1n) is 9.56. The van der Waals surface area contributed by atoms with Crippen LogP contribution in [-0.2, 0) is 6.54 Å². The van der Waals surface area contributed by atoms with Crippen LogP contribution >= 0.6 is 11.9 Å². The molecule has 4 aromatic rings. The molecule has 1 N–H and O–H groups in total. The van der Waals surface area contributed by atoms with Crippen molar-refractivity contribution in [3.05, 3.63) is 90.1 Å². The minimum Gasteiger partial charge on any atom is -0.306 e. The van der Waals surface area contributed by atoms with Gasteiger partial charge in [0.2, 0.25) is 0 Å². The van der Waals surface area contributed by atoms with Gasteiger partial charge >= 0.3 is 0 Å². The molecule has 0 amide bonds. The van der Waals surface area contributed by atoms with E-state index in [2.05, 4.69) is 61.7 Å². The number of hydrogen-bond acceptors (Lipinski definition) is 6. The van der Waals surface area contributed by atoms with E-state index in [1.165, 1.54) is 17.5 Å². The molecule has 0 aliphatic heterocycles. The van der Waals surface area contributed by atoms with Gasteiger partial charge in [0, 0.05) is 47.5 Å². The summed E-state index contributed by atoms with van der Waals surface area (Å²) in [6.07, 6.45) is 5.63. The molecule has 2 heterocycles. The molecule has 0 bridgehead atoms. The van der Waals surface area contributed by atoms with E-state index in [1.54, 1.807) is 6.20 Å². The van der Waals surface area contributed by atoms with E-state index in [9.17, 15) is 0 Å². The van der Waals surface area contributed by atoms with Crippen molar-refractivity contribution in [1.82, 2.24) is 19.9 Å². The van der Waals surface area contributed by atoms with Crippen molar-refractivity contribution in [2.24, 2.45) is 9.39 Å². The van der Waals surface area contributed by atoms with Crippen molar-refractivity contribution in [3.8, 4) is 5.69 Å². The number of hydrogen-bond donors (Lipinski definition) is 1. The van der Waals surface area contributed by atoms with Crippen LogP contribution in [0.3, 0.4) is 0 Å². The van der Waals surface area contributed by atoms with E-state index < -0.39 is 0 Å². The number of nitrogens with zero attached hydrogens (tertiary/aromatic N) is 5. The Bertz CT molecular complexity index is 1180. The average Bonchev–Trinajstić information content (AvgIpc) is 3.22. The fourth-order valence-electron chi connectivity index (χ4n) is 3.12. The maximum Gasteiger partial charge on any atom is 0.122 e. The molecule has 0 saturated carbocycles. The molecule has 2 aromatic carbocycles. The van der Waals surface area contributed by atoms with Crippen molar-refractivity contribution < 1.29 is 0 Å². The van der Waals surface area contributed by atoms with Gasteiger partial charge in [-0.25, -0.2) is 9.38 Å². The third-order valence-electron chi connectivity index (χ3n) is 4.61. The van der Waals surface area contributed by atoms with Crippen molar-refractivity contribution in [3.63, 3.8) is 0 Å². The molecule has 0 fully saturated rings. The Hall–Kier alpha value is -3.29. The molecule has 0 spiro atoms. The van der Waals surface area contributed by atoms with Crippen LogP contribution in [0.25, 0.3) is 16.6 Å². The molecular weight excluding hydrogens is 392 g/mol. The maximum atomic E-state index is 4.68. The number of nitrogens with one attached hydrogen (secondary N) is 1. The van der Waals surface area contributed by atoms with E-state index in [0.29, 0.717) is 6.67 Å². The number of rotatable bonds is 7. The molecule has 2 aromatic heterocycles. The van der Waals surface area contributed by atoms with Crippen molar-refractivity contribution in [1.29, 1.82) is 0 Å². The second-order valence-electron chi connectivity index (χ2n) is 6.77. The highest BCUT2D eigenvalue weighted by molar-refractivity contribution is 8.13. The Morgan fingerprint density at radius 1 is 1.13 bits per heavy atom. The first-order valence-corrected chi connectivity index (χ1v) is 10.3. The normalized spacial score (nSPS) is 11.7. The Labute approximate surface area is 180 Å². The van der Waals surface area contributed by atoms with Gasteiger partial charge in [0.1, 0.15) is 5.04 Å². The van der Waals surface area contributed by atoms with E-state index in [4.69, 9.17) is 0 Å². The van der Waals surface area contributed by atoms with E-state index >= 15 is 0 Å². The summed E-state index contributed by atoms with van der Waals surface area (Å²) in [5.74, 6) is 0. The number of imidazole rings is 1. The van der Waals surface area contributed by atoms with Crippen LogP contribution in [0, 0.1) is 6.92 Å². The molecule has 150 valence electrons. The zero-order valence-electron chi connectivity index (χ0n) is 16.7.